The lowest BCUT2D eigenvalue weighted by Gasteiger charge is -2.12. The molecule has 0 fully saturated rings. The van der Waals surface area contributed by atoms with Crippen LogP contribution in [0.5, 0.6) is 11.5 Å². The predicted octanol–water partition coefficient (Wildman–Crippen LogP) is 4.33. The van der Waals surface area contributed by atoms with Crippen molar-refractivity contribution in [3.8, 4) is 11.5 Å². The Morgan fingerprint density at radius 3 is 2.11 bits per heavy atom. The number of ether oxygens (including phenoxy) is 2. The van der Waals surface area contributed by atoms with Gasteiger partial charge in [-0.3, -0.25) is 9.59 Å². The number of rotatable bonds is 6. The number of carbonyl (C=O) groups excluding carboxylic acids is 2. The minimum atomic E-state index is -0.446. The number of hydrogen-bond donors (Lipinski definition) is 1. The van der Waals surface area contributed by atoms with Crippen molar-refractivity contribution in [2.24, 2.45) is 0 Å². The molecule has 0 saturated carbocycles. The monoisotopic (exact) mass is 379 g/mol. The maximum atomic E-state index is 13.1. The van der Waals surface area contributed by atoms with Crippen molar-refractivity contribution < 1.29 is 23.5 Å². The van der Waals surface area contributed by atoms with E-state index in [1.54, 1.807) is 42.5 Å². The second kappa shape index (κ2) is 8.35. The highest BCUT2D eigenvalue weighted by Crippen LogP contribution is 2.30. The van der Waals surface area contributed by atoms with Gasteiger partial charge in [-0.2, -0.15) is 0 Å². The van der Waals surface area contributed by atoms with E-state index in [1.807, 2.05) is 0 Å². The lowest BCUT2D eigenvalue weighted by Crippen LogP contribution is -2.17. The number of hydrogen-bond acceptors (Lipinski definition) is 4. The minimum Gasteiger partial charge on any atom is -0.493 e. The van der Waals surface area contributed by atoms with Crippen molar-refractivity contribution in [2.75, 3.05) is 19.5 Å². The number of ketones is 1. The lowest BCUT2D eigenvalue weighted by molar-refractivity contribution is 0.0996. The fraction of sp³-hybridized carbons (Fsp3) is 0.0909. The van der Waals surface area contributed by atoms with Gasteiger partial charge in [0.15, 0.2) is 17.3 Å². The van der Waals surface area contributed by atoms with E-state index in [-0.39, 0.29) is 16.9 Å². The van der Waals surface area contributed by atoms with Crippen molar-refractivity contribution in [2.45, 2.75) is 0 Å². The summed E-state index contributed by atoms with van der Waals surface area (Å²) in [4.78, 5) is 25.6. The zero-order valence-electron chi connectivity index (χ0n) is 15.4. The number of benzene rings is 3. The molecule has 0 aromatic heterocycles. The summed E-state index contributed by atoms with van der Waals surface area (Å²) in [5.41, 5.74) is 1.23. The molecule has 0 radical (unpaired) electrons. The molecule has 1 amide bonds. The van der Waals surface area contributed by atoms with Crippen molar-refractivity contribution in [3.05, 3.63) is 89.2 Å². The van der Waals surface area contributed by atoms with Gasteiger partial charge in [-0.15, -0.1) is 0 Å². The molecule has 3 rings (SSSR count). The number of amides is 1. The maximum absolute atomic E-state index is 13.1. The molecule has 3 aromatic carbocycles. The summed E-state index contributed by atoms with van der Waals surface area (Å²) in [5.74, 6) is -0.240. The molecule has 3 aromatic rings. The van der Waals surface area contributed by atoms with Gasteiger partial charge < -0.3 is 14.8 Å². The molecule has 28 heavy (non-hydrogen) atoms. The van der Waals surface area contributed by atoms with Crippen LogP contribution in [-0.4, -0.2) is 25.9 Å². The molecule has 0 aliphatic heterocycles. The third kappa shape index (κ3) is 4.01. The van der Waals surface area contributed by atoms with Crippen LogP contribution in [0, 0.1) is 5.82 Å². The lowest BCUT2D eigenvalue weighted by atomic mass is 9.98. The number of nitrogens with one attached hydrogen (secondary N) is 1. The Balaban J connectivity index is 1.89. The smallest absolute Gasteiger partial charge is 0.256 e. The van der Waals surface area contributed by atoms with Crippen molar-refractivity contribution in [1.82, 2.24) is 0 Å². The van der Waals surface area contributed by atoms with Crippen LogP contribution < -0.4 is 14.8 Å². The summed E-state index contributed by atoms with van der Waals surface area (Å²) in [6.07, 6.45) is 0. The Bertz CT molecular complexity index is 1020. The number of halogens is 1. The molecule has 0 saturated heterocycles. The Morgan fingerprint density at radius 2 is 1.46 bits per heavy atom. The van der Waals surface area contributed by atoms with Gasteiger partial charge in [0, 0.05) is 22.9 Å². The molecule has 5 nitrogen and oxygen atoms in total. The van der Waals surface area contributed by atoms with Gasteiger partial charge in [0.2, 0.25) is 0 Å². The van der Waals surface area contributed by atoms with Crippen molar-refractivity contribution in [1.29, 1.82) is 0 Å². The van der Waals surface area contributed by atoms with E-state index in [4.69, 9.17) is 9.47 Å². The highest BCUT2D eigenvalue weighted by atomic mass is 19.1. The van der Waals surface area contributed by atoms with Crippen LogP contribution in [0.1, 0.15) is 26.3 Å². The van der Waals surface area contributed by atoms with E-state index in [0.717, 1.165) is 0 Å². The second-order valence-electron chi connectivity index (χ2n) is 5.91. The molecular weight excluding hydrogens is 361 g/mol. The zero-order valence-corrected chi connectivity index (χ0v) is 15.4. The van der Waals surface area contributed by atoms with Crippen molar-refractivity contribution >= 4 is 17.4 Å². The van der Waals surface area contributed by atoms with E-state index in [1.165, 1.54) is 38.5 Å². The number of carbonyl (C=O) groups is 2. The summed E-state index contributed by atoms with van der Waals surface area (Å²) in [5, 5.41) is 2.75. The van der Waals surface area contributed by atoms with Gasteiger partial charge in [0.1, 0.15) is 5.82 Å². The first-order valence-corrected chi connectivity index (χ1v) is 8.46. The van der Waals surface area contributed by atoms with Crippen LogP contribution in [0.2, 0.25) is 0 Å². The van der Waals surface area contributed by atoms with Crippen LogP contribution in [0.3, 0.4) is 0 Å². The standard InChI is InChI=1S/C22H18FNO4/c1-27-19-12-11-16(13-20(19)28-2)24-22(26)18-6-4-3-5-17(18)21(25)14-7-9-15(23)10-8-14/h3-13H,1-2H3,(H,24,26). The molecular formula is C22H18FNO4. The van der Waals surface area contributed by atoms with E-state index in [0.29, 0.717) is 22.7 Å². The number of anilines is 1. The third-order valence-corrected chi connectivity index (χ3v) is 4.16. The molecule has 0 aliphatic rings. The molecule has 0 spiro atoms. The van der Waals surface area contributed by atoms with Crippen LogP contribution in [0.15, 0.2) is 66.7 Å². The molecule has 0 unspecified atom stereocenters. The highest BCUT2D eigenvalue weighted by molar-refractivity contribution is 6.17. The Morgan fingerprint density at radius 1 is 0.821 bits per heavy atom. The maximum Gasteiger partial charge on any atom is 0.256 e. The topological polar surface area (TPSA) is 64.6 Å². The normalized spacial score (nSPS) is 10.2. The zero-order chi connectivity index (χ0) is 20.1. The minimum absolute atomic E-state index is 0.214. The van der Waals surface area contributed by atoms with E-state index < -0.39 is 11.7 Å². The summed E-state index contributed by atoms with van der Waals surface area (Å²) in [6.45, 7) is 0. The first-order chi connectivity index (χ1) is 13.5. The van der Waals surface area contributed by atoms with Crippen molar-refractivity contribution in [3.63, 3.8) is 0 Å². The summed E-state index contributed by atoms with van der Waals surface area (Å²) in [7, 11) is 3.02. The second-order valence-corrected chi connectivity index (χ2v) is 5.91. The molecule has 1 N–H and O–H groups in total. The van der Waals surface area contributed by atoms with E-state index in [2.05, 4.69) is 5.32 Å². The molecule has 6 heteroatoms. The largest absolute Gasteiger partial charge is 0.493 e. The summed E-state index contributed by atoms with van der Waals surface area (Å²) in [6, 6.07) is 16.6. The fourth-order valence-electron chi connectivity index (χ4n) is 2.75. The molecule has 0 heterocycles. The van der Waals surface area contributed by atoms with Gasteiger partial charge in [0.05, 0.1) is 19.8 Å². The van der Waals surface area contributed by atoms with Crippen LogP contribution in [0.25, 0.3) is 0 Å². The summed E-state index contributed by atoms with van der Waals surface area (Å²) >= 11 is 0. The fourth-order valence-corrected chi connectivity index (χ4v) is 2.75. The van der Waals surface area contributed by atoms with Gasteiger partial charge in [-0.1, -0.05) is 18.2 Å². The average Bonchev–Trinajstić information content (AvgIpc) is 2.73. The highest BCUT2D eigenvalue weighted by Gasteiger charge is 2.18. The van der Waals surface area contributed by atoms with Gasteiger partial charge >= 0.3 is 0 Å². The van der Waals surface area contributed by atoms with Crippen LogP contribution in [0.4, 0.5) is 10.1 Å². The molecule has 0 bridgehead atoms. The SMILES string of the molecule is COc1ccc(NC(=O)c2ccccc2C(=O)c2ccc(F)cc2)cc1OC. The number of methoxy groups -OCH3 is 2. The molecule has 142 valence electrons. The molecule has 0 aliphatic carbocycles. The Labute approximate surface area is 161 Å². The summed E-state index contributed by atoms with van der Waals surface area (Å²) < 4.78 is 23.5. The quantitative estimate of drug-likeness (QED) is 0.648. The Kier molecular flexibility index (Phi) is 5.69. The van der Waals surface area contributed by atoms with Gasteiger partial charge in [0.25, 0.3) is 5.91 Å². The Hall–Kier alpha value is -3.67. The van der Waals surface area contributed by atoms with Crippen LogP contribution in [-0.2, 0) is 0 Å². The predicted molar refractivity (Wildman–Crippen MR) is 104 cm³/mol. The first-order valence-electron chi connectivity index (χ1n) is 8.46. The molecule has 0 atom stereocenters. The first kappa shape index (κ1) is 19.1. The van der Waals surface area contributed by atoms with Gasteiger partial charge in [-0.05, 0) is 42.5 Å². The average molecular weight is 379 g/mol. The van der Waals surface area contributed by atoms with Gasteiger partial charge in [-0.25, -0.2) is 4.39 Å². The van der Waals surface area contributed by atoms with Crippen LogP contribution >= 0.6 is 0 Å². The third-order valence-electron chi connectivity index (χ3n) is 4.16. The van der Waals surface area contributed by atoms with E-state index in [9.17, 15) is 14.0 Å². The van der Waals surface area contributed by atoms with E-state index >= 15 is 0 Å².